The highest BCUT2D eigenvalue weighted by Crippen LogP contribution is 2.27. The fourth-order valence-corrected chi connectivity index (χ4v) is 2.01. The maximum Gasteiger partial charge on any atom is 0.180 e. The quantitative estimate of drug-likeness (QED) is 0.341. The zero-order valence-electron chi connectivity index (χ0n) is 7.47. The van der Waals surface area contributed by atoms with Gasteiger partial charge in [-0.1, -0.05) is 12.8 Å². The van der Waals surface area contributed by atoms with Gasteiger partial charge in [0.25, 0.3) is 0 Å². The number of thiocarbonyl (C=S) groups is 1. The minimum Gasteiger partial charge on any atom is -0.359 e. The number of nitrogens with two attached hydrogens (primary N) is 1. The van der Waals surface area contributed by atoms with Gasteiger partial charge in [-0.2, -0.15) is 0 Å². The molecule has 3 nitrogen and oxygen atoms in total. The Morgan fingerprint density at radius 1 is 1.50 bits per heavy atom. The first-order valence-electron chi connectivity index (χ1n) is 4.51. The molecular formula is C8H17N3S. The summed E-state index contributed by atoms with van der Waals surface area (Å²) < 4.78 is 0. The van der Waals surface area contributed by atoms with E-state index in [-0.39, 0.29) is 0 Å². The second-order valence-electron chi connectivity index (χ2n) is 3.45. The van der Waals surface area contributed by atoms with Gasteiger partial charge in [-0.05, 0) is 37.9 Å². The molecule has 0 saturated heterocycles. The molecule has 0 amide bonds. The molecule has 1 rings (SSSR count). The molecule has 0 bridgehead atoms. The van der Waals surface area contributed by atoms with Crippen molar-refractivity contribution in [3.63, 3.8) is 0 Å². The summed E-state index contributed by atoms with van der Waals surface area (Å²) in [5, 5.41) is 3.72. The monoisotopic (exact) mass is 187 g/mol. The lowest BCUT2D eigenvalue weighted by molar-refractivity contribution is 0.425. The third kappa shape index (κ3) is 2.60. The average Bonchev–Trinajstić information content (AvgIpc) is 2.56. The zero-order valence-corrected chi connectivity index (χ0v) is 8.29. The Balaban J connectivity index is 2.26. The lowest BCUT2D eigenvalue weighted by atomic mass is 10.0. The van der Waals surface area contributed by atoms with Crippen molar-refractivity contribution < 1.29 is 0 Å². The molecule has 1 atom stereocenters. The number of rotatable bonds is 2. The summed E-state index contributed by atoms with van der Waals surface area (Å²) in [4.78, 5) is 0. The molecule has 4 N–H and O–H groups in total. The van der Waals surface area contributed by atoms with Gasteiger partial charge in [0.2, 0.25) is 0 Å². The summed E-state index contributed by atoms with van der Waals surface area (Å²) >= 11 is 4.92. The highest BCUT2D eigenvalue weighted by atomic mass is 32.1. The highest BCUT2D eigenvalue weighted by Gasteiger charge is 2.21. The lowest BCUT2D eigenvalue weighted by Gasteiger charge is -2.21. The molecule has 0 aromatic carbocycles. The molecule has 12 heavy (non-hydrogen) atoms. The molecule has 0 radical (unpaired) electrons. The highest BCUT2D eigenvalue weighted by molar-refractivity contribution is 7.80. The van der Waals surface area contributed by atoms with E-state index in [2.05, 4.69) is 17.7 Å². The van der Waals surface area contributed by atoms with Crippen LogP contribution in [0.3, 0.4) is 0 Å². The Hall–Kier alpha value is -0.350. The topological polar surface area (TPSA) is 50.1 Å². The molecule has 1 fully saturated rings. The Morgan fingerprint density at radius 3 is 2.58 bits per heavy atom. The van der Waals surface area contributed by atoms with E-state index in [1.54, 1.807) is 0 Å². The van der Waals surface area contributed by atoms with Crippen molar-refractivity contribution in [1.29, 1.82) is 0 Å². The van der Waals surface area contributed by atoms with Gasteiger partial charge < -0.3 is 10.7 Å². The standard InChI is InChI=1S/C8H17N3S/c1-6(10-8(12)11-9)7-4-2-3-5-7/h6-7H,2-5,9H2,1H3,(H2,10,11,12). The van der Waals surface area contributed by atoms with Crippen LogP contribution in [0.4, 0.5) is 0 Å². The minimum atomic E-state index is 0.455. The van der Waals surface area contributed by atoms with Crippen molar-refractivity contribution in [1.82, 2.24) is 10.7 Å². The Bertz CT molecular complexity index is 154. The normalized spacial score (nSPS) is 20.5. The van der Waals surface area contributed by atoms with Crippen LogP contribution in [0.2, 0.25) is 0 Å². The Labute approximate surface area is 79.1 Å². The van der Waals surface area contributed by atoms with Crippen LogP contribution in [0.5, 0.6) is 0 Å². The molecule has 0 aromatic rings. The van der Waals surface area contributed by atoms with E-state index in [1.165, 1.54) is 25.7 Å². The first-order valence-corrected chi connectivity index (χ1v) is 4.92. The summed E-state index contributed by atoms with van der Waals surface area (Å²) in [6.45, 7) is 2.17. The Morgan fingerprint density at radius 2 is 2.08 bits per heavy atom. The summed E-state index contributed by atoms with van der Waals surface area (Å²) in [7, 11) is 0. The van der Waals surface area contributed by atoms with Crippen molar-refractivity contribution in [2.75, 3.05) is 0 Å². The van der Waals surface area contributed by atoms with Crippen LogP contribution in [-0.2, 0) is 0 Å². The third-order valence-corrected chi connectivity index (χ3v) is 2.83. The molecule has 1 aliphatic rings. The fourth-order valence-electron chi connectivity index (χ4n) is 1.82. The van der Waals surface area contributed by atoms with Gasteiger partial charge in [0, 0.05) is 6.04 Å². The maximum atomic E-state index is 5.17. The average molecular weight is 187 g/mol. The molecule has 4 heteroatoms. The van der Waals surface area contributed by atoms with Gasteiger partial charge in [-0.25, -0.2) is 5.84 Å². The van der Waals surface area contributed by atoms with Crippen molar-refractivity contribution in [3.8, 4) is 0 Å². The summed E-state index contributed by atoms with van der Waals surface area (Å²) in [6, 6.07) is 0.455. The zero-order chi connectivity index (χ0) is 8.97. The van der Waals surface area contributed by atoms with E-state index in [9.17, 15) is 0 Å². The molecule has 70 valence electrons. The number of hydrogen-bond donors (Lipinski definition) is 3. The van der Waals surface area contributed by atoms with Crippen molar-refractivity contribution in [3.05, 3.63) is 0 Å². The van der Waals surface area contributed by atoms with E-state index >= 15 is 0 Å². The lowest BCUT2D eigenvalue weighted by Crippen LogP contribution is -2.45. The number of nitrogens with one attached hydrogen (secondary N) is 2. The van der Waals surface area contributed by atoms with Gasteiger partial charge >= 0.3 is 0 Å². The summed E-state index contributed by atoms with van der Waals surface area (Å²) in [5.74, 6) is 5.94. The number of hydrogen-bond acceptors (Lipinski definition) is 2. The molecule has 0 aliphatic heterocycles. The smallest absolute Gasteiger partial charge is 0.180 e. The maximum absolute atomic E-state index is 5.17. The van der Waals surface area contributed by atoms with Crippen LogP contribution >= 0.6 is 12.2 Å². The molecule has 1 unspecified atom stereocenters. The van der Waals surface area contributed by atoms with Crippen LogP contribution in [-0.4, -0.2) is 11.2 Å². The third-order valence-electron chi connectivity index (χ3n) is 2.60. The largest absolute Gasteiger partial charge is 0.359 e. The van der Waals surface area contributed by atoms with E-state index in [0.717, 1.165) is 5.92 Å². The predicted molar refractivity (Wildman–Crippen MR) is 54.5 cm³/mol. The Kier molecular flexibility index (Phi) is 3.75. The van der Waals surface area contributed by atoms with Crippen LogP contribution in [0.15, 0.2) is 0 Å². The molecule has 0 spiro atoms. The van der Waals surface area contributed by atoms with Crippen molar-refractivity contribution >= 4 is 17.3 Å². The minimum absolute atomic E-state index is 0.455. The molecule has 0 heterocycles. The van der Waals surface area contributed by atoms with Crippen molar-refractivity contribution in [2.24, 2.45) is 11.8 Å². The first kappa shape index (κ1) is 9.74. The van der Waals surface area contributed by atoms with Crippen LogP contribution in [0.1, 0.15) is 32.6 Å². The summed E-state index contributed by atoms with van der Waals surface area (Å²) in [5.41, 5.74) is 2.44. The predicted octanol–water partition coefficient (Wildman–Crippen LogP) is 0.903. The molecule has 0 aromatic heterocycles. The van der Waals surface area contributed by atoms with E-state index in [0.29, 0.717) is 11.2 Å². The van der Waals surface area contributed by atoms with Crippen molar-refractivity contribution in [2.45, 2.75) is 38.6 Å². The van der Waals surface area contributed by atoms with Crippen LogP contribution < -0.4 is 16.6 Å². The van der Waals surface area contributed by atoms with Gasteiger partial charge in [0.05, 0.1) is 0 Å². The van der Waals surface area contributed by atoms with Crippen LogP contribution in [0.25, 0.3) is 0 Å². The van der Waals surface area contributed by atoms with Gasteiger partial charge in [-0.3, -0.25) is 0 Å². The summed E-state index contributed by atoms with van der Waals surface area (Å²) in [6.07, 6.45) is 5.36. The molecular weight excluding hydrogens is 170 g/mol. The molecule has 1 aliphatic carbocycles. The molecule has 1 saturated carbocycles. The fraction of sp³-hybridized carbons (Fsp3) is 0.875. The SMILES string of the molecule is CC(NC(=S)NN)C1CCCC1. The van der Waals surface area contributed by atoms with E-state index in [4.69, 9.17) is 18.1 Å². The van der Waals surface area contributed by atoms with Gasteiger partial charge in [0.15, 0.2) is 5.11 Å². The van der Waals surface area contributed by atoms with E-state index in [1.807, 2.05) is 0 Å². The van der Waals surface area contributed by atoms with Gasteiger partial charge in [0.1, 0.15) is 0 Å². The first-order chi connectivity index (χ1) is 5.74. The van der Waals surface area contributed by atoms with Crippen LogP contribution in [0, 0.1) is 5.92 Å². The number of hydrazine groups is 1. The van der Waals surface area contributed by atoms with Gasteiger partial charge in [-0.15, -0.1) is 0 Å². The second-order valence-corrected chi connectivity index (χ2v) is 3.86. The van der Waals surface area contributed by atoms with E-state index < -0.39 is 0 Å². The second kappa shape index (κ2) is 4.62.